The lowest BCUT2D eigenvalue weighted by molar-refractivity contribution is -0.382. The molecule has 0 saturated carbocycles. The number of nitrogens with zero attached hydrogens (tertiary/aromatic N) is 1. The summed E-state index contributed by atoms with van der Waals surface area (Å²) < 4.78 is 5.41. The molecule has 0 unspecified atom stereocenters. The van der Waals surface area contributed by atoms with E-state index in [4.69, 9.17) is 21.4 Å². The van der Waals surface area contributed by atoms with E-state index < -0.39 is 16.8 Å². The second kappa shape index (κ2) is 7.22. The van der Waals surface area contributed by atoms with Crippen LogP contribution in [0.25, 0.3) is 10.1 Å². The highest BCUT2D eigenvalue weighted by Crippen LogP contribution is 2.40. The van der Waals surface area contributed by atoms with Gasteiger partial charge in [-0.15, -0.1) is 11.3 Å². The number of amides is 1. The number of carbonyl (C=O) groups excluding carboxylic acids is 1. The maximum absolute atomic E-state index is 12.7. The Morgan fingerprint density at radius 1 is 1.30 bits per heavy atom. The third-order valence-electron chi connectivity index (χ3n) is 3.73. The van der Waals surface area contributed by atoms with Crippen LogP contribution in [0.4, 0.5) is 11.4 Å². The topological polar surface area (TPSA) is 119 Å². The number of aromatic carboxylic acids is 1. The number of nitro groups is 1. The Balaban J connectivity index is 2.04. The third-order valence-corrected chi connectivity index (χ3v) is 5.46. The number of nitrogens with one attached hydrogen (secondary N) is 1. The van der Waals surface area contributed by atoms with E-state index >= 15 is 0 Å². The number of hydrogen-bond donors (Lipinski definition) is 2. The molecule has 2 aromatic carbocycles. The SMILES string of the molecule is COc1ccc(C(=O)O)cc1NC(=O)c1sc2c([N+](=O)[O-])cccc2c1Cl. The van der Waals surface area contributed by atoms with Gasteiger partial charge in [0.15, 0.2) is 0 Å². The number of carboxylic acid groups (broad SMARTS) is 1. The van der Waals surface area contributed by atoms with Crippen molar-refractivity contribution in [1.82, 2.24) is 0 Å². The first-order chi connectivity index (χ1) is 12.8. The van der Waals surface area contributed by atoms with Crippen LogP contribution in [-0.2, 0) is 0 Å². The Hall–Kier alpha value is -3.17. The lowest BCUT2D eigenvalue weighted by Crippen LogP contribution is -2.12. The monoisotopic (exact) mass is 406 g/mol. The fourth-order valence-corrected chi connectivity index (χ4v) is 3.97. The van der Waals surface area contributed by atoms with Gasteiger partial charge in [0.1, 0.15) is 15.3 Å². The van der Waals surface area contributed by atoms with Crippen LogP contribution < -0.4 is 10.1 Å². The zero-order valence-corrected chi connectivity index (χ0v) is 15.3. The molecule has 10 heteroatoms. The predicted octanol–water partition coefficient (Wildman–Crippen LogP) is 4.42. The number of nitro benzene ring substituents is 1. The molecule has 0 spiro atoms. The van der Waals surface area contributed by atoms with E-state index in [1.165, 1.54) is 37.4 Å². The van der Waals surface area contributed by atoms with Crippen molar-refractivity contribution in [3.63, 3.8) is 0 Å². The van der Waals surface area contributed by atoms with Crippen LogP contribution in [0.3, 0.4) is 0 Å². The van der Waals surface area contributed by atoms with Crippen molar-refractivity contribution in [2.24, 2.45) is 0 Å². The van der Waals surface area contributed by atoms with Crippen molar-refractivity contribution in [2.75, 3.05) is 12.4 Å². The fourth-order valence-electron chi connectivity index (χ4n) is 2.48. The zero-order valence-electron chi connectivity index (χ0n) is 13.7. The zero-order chi connectivity index (χ0) is 19.7. The molecule has 0 aliphatic carbocycles. The van der Waals surface area contributed by atoms with E-state index in [2.05, 4.69) is 5.32 Å². The van der Waals surface area contributed by atoms with Gasteiger partial charge in [0.25, 0.3) is 11.6 Å². The largest absolute Gasteiger partial charge is 0.495 e. The highest BCUT2D eigenvalue weighted by atomic mass is 35.5. The van der Waals surface area contributed by atoms with Gasteiger partial charge in [-0.25, -0.2) is 4.79 Å². The Morgan fingerprint density at radius 2 is 2.04 bits per heavy atom. The van der Waals surface area contributed by atoms with Crippen LogP contribution in [0.1, 0.15) is 20.0 Å². The minimum Gasteiger partial charge on any atom is -0.495 e. The number of fused-ring (bicyclic) bond motifs is 1. The Kier molecular flexibility index (Phi) is 4.98. The molecule has 3 aromatic rings. The summed E-state index contributed by atoms with van der Waals surface area (Å²) >= 11 is 7.14. The van der Waals surface area contributed by atoms with Crippen LogP contribution in [0, 0.1) is 10.1 Å². The van der Waals surface area contributed by atoms with E-state index in [-0.39, 0.29) is 37.3 Å². The van der Waals surface area contributed by atoms with Crippen LogP contribution in [0.2, 0.25) is 5.02 Å². The summed E-state index contributed by atoms with van der Waals surface area (Å²) in [5, 5.41) is 23.3. The maximum Gasteiger partial charge on any atom is 0.335 e. The van der Waals surface area contributed by atoms with Crippen molar-refractivity contribution >= 4 is 56.3 Å². The number of carbonyl (C=O) groups is 2. The number of methoxy groups -OCH3 is 1. The summed E-state index contributed by atoms with van der Waals surface area (Å²) in [6, 6.07) is 8.41. The summed E-state index contributed by atoms with van der Waals surface area (Å²) in [6.45, 7) is 0. The first kappa shape index (κ1) is 18.6. The van der Waals surface area contributed by atoms with Crippen molar-refractivity contribution in [2.45, 2.75) is 0 Å². The highest BCUT2D eigenvalue weighted by Gasteiger charge is 2.23. The Bertz CT molecular complexity index is 1090. The van der Waals surface area contributed by atoms with E-state index in [9.17, 15) is 19.7 Å². The molecule has 3 rings (SSSR count). The molecule has 1 amide bonds. The molecule has 1 aromatic heterocycles. The fraction of sp³-hybridized carbons (Fsp3) is 0.0588. The third kappa shape index (κ3) is 3.42. The van der Waals surface area contributed by atoms with Crippen molar-refractivity contribution in [3.05, 3.63) is 62.0 Å². The molecular formula is C17H11ClN2O6S. The minimum absolute atomic E-state index is 0.0378. The van der Waals surface area contributed by atoms with Crippen molar-refractivity contribution in [1.29, 1.82) is 0 Å². The van der Waals surface area contributed by atoms with Gasteiger partial charge in [-0.2, -0.15) is 0 Å². The molecule has 27 heavy (non-hydrogen) atoms. The van der Waals surface area contributed by atoms with Gasteiger partial charge >= 0.3 is 5.97 Å². The van der Waals surface area contributed by atoms with Gasteiger partial charge in [0.2, 0.25) is 0 Å². The van der Waals surface area contributed by atoms with E-state index in [0.29, 0.717) is 5.39 Å². The number of halogens is 1. The van der Waals surface area contributed by atoms with Crippen molar-refractivity contribution < 1.29 is 24.4 Å². The number of carboxylic acids is 1. The number of non-ortho nitro benzene ring substituents is 1. The van der Waals surface area contributed by atoms with E-state index in [1.54, 1.807) is 6.07 Å². The smallest absolute Gasteiger partial charge is 0.335 e. The number of benzene rings is 2. The molecule has 0 bridgehead atoms. The molecule has 0 saturated heterocycles. The first-order valence-corrected chi connectivity index (χ1v) is 8.61. The number of hydrogen-bond acceptors (Lipinski definition) is 6. The molecule has 1 heterocycles. The average Bonchev–Trinajstić information content (AvgIpc) is 2.98. The van der Waals surface area contributed by atoms with E-state index in [0.717, 1.165) is 11.3 Å². The second-order valence-corrected chi connectivity index (χ2v) is 6.73. The highest BCUT2D eigenvalue weighted by molar-refractivity contribution is 7.22. The molecule has 138 valence electrons. The Labute approximate surface area is 161 Å². The molecule has 8 nitrogen and oxygen atoms in total. The number of thiophene rings is 1. The van der Waals surface area contributed by atoms with Gasteiger partial charge in [-0.05, 0) is 18.2 Å². The molecular weight excluding hydrogens is 396 g/mol. The number of anilines is 1. The Morgan fingerprint density at radius 3 is 2.67 bits per heavy atom. The maximum atomic E-state index is 12.7. The summed E-state index contributed by atoms with van der Waals surface area (Å²) in [6.07, 6.45) is 0. The van der Waals surface area contributed by atoms with Gasteiger partial charge in [0, 0.05) is 11.5 Å². The lowest BCUT2D eigenvalue weighted by atomic mass is 10.2. The van der Waals surface area contributed by atoms with Crippen LogP contribution in [0.5, 0.6) is 5.75 Å². The quantitative estimate of drug-likeness (QED) is 0.478. The lowest BCUT2D eigenvalue weighted by Gasteiger charge is -2.10. The number of rotatable bonds is 5. The predicted molar refractivity (Wildman–Crippen MR) is 101 cm³/mol. The summed E-state index contributed by atoms with van der Waals surface area (Å²) in [4.78, 5) is 34.5. The summed E-state index contributed by atoms with van der Waals surface area (Å²) in [5.74, 6) is -1.53. The number of ether oxygens (including phenoxy) is 1. The van der Waals surface area contributed by atoms with Crippen LogP contribution in [-0.4, -0.2) is 29.0 Å². The van der Waals surface area contributed by atoms with Crippen molar-refractivity contribution in [3.8, 4) is 5.75 Å². The summed E-state index contributed by atoms with van der Waals surface area (Å²) in [7, 11) is 1.38. The van der Waals surface area contributed by atoms with Crippen LogP contribution in [0.15, 0.2) is 36.4 Å². The molecule has 0 radical (unpaired) electrons. The summed E-state index contributed by atoms with van der Waals surface area (Å²) in [5.41, 5.74) is -0.0431. The standard InChI is InChI=1S/C17H11ClN2O6S/c1-26-12-6-5-8(17(22)23)7-10(12)19-16(21)15-13(18)9-3-2-4-11(20(24)25)14(9)27-15/h2-7H,1H3,(H,19,21)(H,22,23). The molecule has 0 atom stereocenters. The second-order valence-electron chi connectivity index (χ2n) is 5.33. The molecule has 0 fully saturated rings. The van der Waals surface area contributed by atoms with Gasteiger partial charge < -0.3 is 15.2 Å². The minimum atomic E-state index is -1.16. The van der Waals surface area contributed by atoms with Gasteiger partial charge in [-0.3, -0.25) is 14.9 Å². The normalized spacial score (nSPS) is 10.6. The van der Waals surface area contributed by atoms with Gasteiger partial charge in [0.05, 0.1) is 28.3 Å². The van der Waals surface area contributed by atoms with Gasteiger partial charge in [-0.1, -0.05) is 23.7 Å². The molecule has 0 aliphatic heterocycles. The average molecular weight is 407 g/mol. The van der Waals surface area contributed by atoms with Crippen LogP contribution >= 0.6 is 22.9 Å². The van der Waals surface area contributed by atoms with E-state index in [1.807, 2.05) is 0 Å². The molecule has 0 aliphatic rings. The first-order valence-electron chi connectivity index (χ1n) is 7.41. The molecule has 2 N–H and O–H groups in total.